The number of carboxylic acid groups (broad SMARTS) is 1. The third-order valence-electron chi connectivity index (χ3n) is 2.25. The molecule has 2 rings (SSSR count). The van der Waals surface area contributed by atoms with Crippen molar-refractivity contribution in [3.05, 3.63) is 29.6 Å². The molecule has 7 N–H and O–H groups in total. The van der Waals surface area contributed by atoms with Crippen LogP contribution in [0.4, 0.5) is 4.79 Å². The minimum absolute atomic E-state index is 0.133. The second-order valence-electron chi connectivity index (χ2n) is 3.80. The summed E-state index contributed by atoms with van der Waals surface area (Å²) in [6.45, 7) is 0.657. The molecule has 1 saturated heterocycles. The Hall–Kier alpha value is -2.72. The van der Waals surface area contributed by atoms with Crippen LogP contribution in [0.1, 0.15) is 16.1 Å². The summed E-state index contributed by atoms with van der Waals surface area (Å²) in [4.78, 5) is 24.2. The van der Waals surface area contributed by atoms with Gasteiger partial charge in [0.15, 0.2) is 6.23 Å². The van der Waals surface area contributed by atoms with E-state index in [0.717, 1.165) is 0 Å². The molecule has 114 valence electrons. The average Bonchev–Trinajstić information content (AvgIpc) is 2.91. The number of hydrogen-bond donors (Lipinski definition) is 5. The molecule has 0 radical (unpaired) electrons. The van der Waals surface area contributed by atoms with Crippen LogP contribution in [-0.4, -0.2) is 47.6 Å². The fourth-order valence-electron chi connectivity index (χ4n) is 1.27. The number of nitrogens with two attached hydrogens (primary N) is 2. The predicted octanol–water partition coefficient (Wildman–Crippen LogP) is -0.951. The van der Waals surface area contributed by atoms with Gasteiger partial charge in [0.05, 0.1) is 18.9 Å². The lowest BCUT2D eigenvalue weighted by Gasteiger charge is -2.04. The van der Waals surface area contributed by atoms with E-state index < -0.39 is 18.3 Å². The zero-order valence-electron chi connectivity index (χ0n) is 10.9. The van der Waals surface area contributed by atoms with Crippen molar-refractivity contribution in [2.45, 2.75) is 6.23 Å². The first-order valence-corrected chi connectivity index (χ1v) is 5.71. The number of rotatable bonds is 3. The molecular formula is C11H15N5O5. The number of aromatic nitrogens is 1. The van der Waals surface area contributed by atoms with Gasteiger partial charge in [-0.1, -0.05) is 0 Å². The Kier molecular flexibility index (Phi) is 6.04. The van der Waals surface area contributed by atoms with Crippen LogP contribution >= 0.6 is 0 Å². The number of ether oxygens (including phenoxy) is 2. The van der Waals surface area contributed by atoms with Crippen molar-refractivity contribution in [2.75, 3.05) is 13.3 Å². The average molecular weight is 297 g/mol. The highest BCUT2D eigenvalue weighted by Crippen LogP contribution is 1.98. The van der Waals surface area contributed by atoms with E-state index in [2.05, 4.69) is 15.0 Å². The van der Waals surface area contributed by atoms with Crippen LogP contribution in [0.3, 0.4) is 0 Å². The van der Waals surface area contributed by atoms with Crippen molar-refractivity contribution in [1.29, 1.82) is 5.41 Å². The molecule has 21 heavy (non-hydrogen) atoms. The summed E-state index contributed by atoms with van der Waals surface area (Å²) in [7, 11) is 0. The summed E-state index contributed by atoms with van der Waals surface area (Å²) in [6.07, 6.45) is -0.473. The highest BCUT2D eigenvalue weighted by Gasteiger charge is 2.17. The number of hydrogen-bond acceptors (Lipinski definition) is 7. The number of carbonyl (C=O) groups excluding carboxylic acids is 1. The number of primary amides is 1. The van der Waals surface area contributed by atoms with Crippen LogP contribution in [-0.2, 0) is 9.47 Å². The fraction of sp³-hybridized carbons (Fsp3) is 0.273. The molecule has 1 amide bonds. The Bertz CT molecular complexity index is 479. The van der Waals surface area contributed by atoms with Crippen molar-refractivity contribution in [1.82, 2.24) is 10.3 Å². The van der Waals surface area contributed by atoms with Crippen molar-refractivity contribution in [2.24, 2.45) is 11.5 Å². The lowest BCUT2D eigenvalue weighted by atomic mass is 10.2. The second kappa shape index (κ2) is 7.77. The second-order valence-corrected chi connectivity index (χ2v) is 3.80. The molecule has 0 saturated carbocycles. The molecule has 0 bridgehead atoms. The van der Waals surface area contributed by atoms with Crippen LogP contribution in [0.2, 0.25) is 0 Å². The van der Waals surface area contributed by atoms with Crippen molar-refractivity contribution in [3.8, 4) is 0 Å². The molecule has 10 nitrogen and oxygen atoms in total. The fourth-order valence-corrected chi connectivity index (χ4v) is 1.27. The maximum atomic E-state index is 10.6. The van der Waals surface area contributed by atoms with Gasteiger partial charge in [-0.2, -0.15) is 0 Å². The first-order valence-electron chi connectivity index (χ1n) is 5.71. The number of amidine groups is 1. The van der Waals surface area contributed by atoms with Crippen LogP contribution in [0.15, 0.2) is 18.3 Å². The minimum Gasteiger partial charge on any atom is -0.450 e. The van der Waals surface area contributed by atoms with Gasteiger partial charge in [0, 0.05) is 6.20 Å². The van der Waals surface area contributed by atoms with Gasteiger partial charge in [0.1, 0.15) is 11.5 Å². The Labute approximate surface area is 119 Å². The zero-order valence-corrected chi connectivity index (χ0v) is 10.9. The Morgan fingerprint density at radius 3 is 2.57 bits per heavy atom. The van der Waals surface area contributed by atoms with Crippen molar-refractivity contribution in [3.63, 3.8) is 0 Å². The highest BCUT2D eigenvalue weighted by atomic mass is 16.7. The van der Waals surface area contributed by atoms with E-state index in [1.807, 2.05) is 0 Å². The summed E-state index contributed by atoms with van der Waals surface area (Å²) < 4.78 is 9.05. The van der Waals surface area contributed by atoms with Gasteiger partial charge in [0.2, 0.25) is 5.91 Å². The van der Waals surface area contributed by atoms with Crippen LogP contribution in [0.5, 0.6) is 0 Å². The largest absolute Gasteiger partial charge is 0.507 e. The standard InChI is InChI=1S/C7H8N4O.C4H7NO4/c8-6(9)5-2-1-4(3-11-5)7(10)12;6-4(7)9-3-1-8-2-5-3/h1-3H,(H3,8,9)(H2,10,12);3,5H,1-2H2,(H,6,7). The lowest BCUT2D eigenvalue weighted by molar-refractivity contribution is 0.0395. The van der Waals surface area contributed by atoms with Gasteiger partial charge in [-0.25, -0.2) is 4.79 Å². The molecule has 2 heterocycles. The van der Waals surface area contributed by atoms with E-state index in [1.165, 1.54) is 18.3 Å². The molecule has 1 aromatic rings. The predicted molar refractivity (Wildman–Crippen MR) is 70.6 cm³/mol. The van der Waals surface area contributed by atoms with Gasteiger partial charge < -0.3 is 26.0 Å². The van der Waals surface area contributed by atoms with Crippen LogP contribution in [0, 0.1) is 5.41 Å². The summed E-state index contributed by atoms with van der Waals surface area (Å²) >= 11 is 0. The number of nitrogens with zero attached hydrogens (tertiary/aromatic N) is 1. The van der Waals surface area contributed by atoms with E-state index in [-0.39, 0.29) is 5.84 Å². The number of pyridine rings is 1. The Morgan fingerprint density at radius 2 is 2.19 bits per heavy atom. The third kappa shape index (κ3) is 5.84. The monoisotopic (exact) mass is 297 g/mol. The number of amides is 1. The first-order chi connectivity index (χ1) is 9.90. The van der Waals surface area contributed by atoms with E-state index in [9.17, 15) is 9.59 Å². The molecule has 1 aliphatic heterocycles. The molecular weight excluding hydrogens is 282 g/mol. The molecule has 1 unspecified atom stereocenters. The van der Waals surface area contributed by atoms with Crippen LogP contribution in [0.25, 0.3) is 0 Å². The lowest BCUT2D eigenvalue weighted by Crippen LogP contribution is -2.28. The maximum Gasteiger partial charge on any atom is 0.507 e. The van der Waals surface area contributed by atoms with E-state index >= 15 is 0 Å². The number of carbonyl (C=O) groups is 2. The van der Waals surface area contributed by atoms with Gasteiger partial charge in [0.25, 0.3) is 0 Å². The van der Waals surface area contributed by atoms with E-state index in [4.69, 9.17) is 26.7 Å². The van der Waals surface area contributed by atoms with Crippen molar-refractivity contribution >= 4 is 17.9 Å². The third-order valence-corrected chi connectivity index (χ3v) is 2.25. The highest BCUT2D eigenvalue weighted by molar-refractivity contribution is 5.95. The van der Waals surface area contributed by atoms with E-state index in [1.54, 1.807) is 0 Å². The summed E-state index contributed by atoms with van der Waals surface area (Å²) in [6, 6.07) is 2.95. The summed E-state index contributed by atoms with van der Waals surface area (Å²) in [5.41, 5.74) is 10.8. The first kappa shape index (κ1) is 16.3. The molecule has 1 atom stereocenters. The minimum atomic E-state index is -1.28. The van der Waals surface area contributed by atoms with Crippen molar-refractivity contribution < 1.29 is 24.2 Å². The SMILES string of the molecule is N=C(N)c1ccc(C(N)=O)cn1.O=C(O)OC1COCN1. The number of nitrogens with one attached hydrogen (secondary N) is 2. The Balaban J connectivity index is 0.000000219. The van der Waals surface area contributed by atoms with Gasteiger partial charge >= 0.3 is 6.16 Å². The van der Waals surface area contributed by atoms with Gasteiger partial charge in [-0.3, -0.25) is 20.5 Å². The normalized spacial score (nSPS) is 16.5. The molecule has 0 aromatic carbocycles. The molecule has 10 heteroatoms. The van der Waals surface area contributed by atoms with Crippen LogP contribution < -0.4 is 16.8 Å². The van der Waals surface area contributed by atoms with E-state index in [0.29, 0.717) is 24.6 Å². The Morgan fingerprint density at radius 1 is 1.48 bits per heavy atom. The molecule has 1 aromatic heterocycles. The zero-order chi connectivity index (χ0) is 15.8. The smallest absolute Gasteiger partial charge is 0.450 e. The quantitative estimate of drug-likeness (QED) is 0.269. The maximum absolute atomic E-state index is 10.6. The summed E-state index contributed by atoms with van der Waals surface area (Å²) in [5, 5.41) is 17.7. The number of nitrogen functional groups attached to an aromatic ring is 1. The molecule has 1 aliphatic rings. The topological polar surface area (TPSA) is 174 Å². The molecule has 0 aliphatic carbocycles. The van der Waals surface area contributed by atoms with Gasteiger partial charge in [-0.15, -0.1) is 0 Å². The van der Waals surface area contributed by atoms with Gasteiger partial charge in [-0.05, 0) is 12.1 Å². The molecule has 1 fully saturated rings. The summed E-state index contributed by atoms with van der Waals surface area (Å²) in [5.74, 6) is -0.677. The molecule has 0 spiro atoms.